The molecule has 0 aromatic carbocycles. The Hall–Kier alpha value is -2.47. The summed E-state index contributed by atoms with van der Waals surface area (Å²) in [6.45, 7) is 2.27. The molecule has 0 aliphatic rings. The highest BCUT2D eigenvalue weighted by atomic mass is 32.1. The summed E-state index contributed by atoms with van der Waals surface area (Å²) in [6, 6.07) is 5.87. The van der Waals surface area contributed by atoms with Crippen LogP contribution in [0.25, 0.3) is 0 Å². The summed E-state index contributed by atoms with van der Waals surface area (Å²) in [4.78, 5) is 20.8. The first kappa shape index (κ1) is 15.4. The minimum atomic E-state index is -0.137. The Bertz CT molecular complexity index is 753. The number of pyridine rings is 1. The Kier molecular flexibility index (Phi) is 4.83. The highest BCUT2D eigenvalue weighted by Crippen LogP contribution is 2.21. The first-order chi connectivity index (χ1) is 11.2. The summed E-state index contributed by atoms with van der Waals surface area (Å²) < 4.78 is 1.75. The average Bonchev–Trinajstić information content (AvgIpc) is 3.21. The number of nitrogens with one attached hydrogen (secondary N) is 1. The van der Waals surface area contributed by atoms with Gasteiger partial charge >= 0.3 is 0 Å². The monoisotopic (exact) mass is 326 g/mol. The van der Waals surface area contributed by atoms with Crippen LogP contribution in [0.2, 0.25) is 0 Å². The van der Waals surface area contributed by atoms with E-state index in [-0.39, 0.29) is 18.5 Å². The van der Waals surface area contributed by atoms with E-state index in [4.69, 9.17) is 0 Å². The topological polar surface area (TPSA) is 59.8 Å². The average molecular weight is 326 g/mol. The molecule has 0 bridgehead atoms. The van der Waals surface area contributed by atoms with Gasteiger partial charge in [-0.3, -0.25) is 9.78 Å². The molecule has 3 aromatic rings. The number of aryl methyl sites for hydroxylation is 1. The normalized spacial score (nSPS) is 12.0. The number of thiophene rings is 1. The van der Waals surface area contributed by atoms with Gasteiger partial charge in [-0.1, -0.05) is 6.07 Å². The number of amides is 1. The standard InChI is InChI=1S/C17H18N4OS/c1-13-3-2-5-19-17(13)15(9-14-4-8-23-11-14)20-16(22)10-21-7-6-18-12-21/h2-8,11-12,15H,9-10H2,1H3,(H,20,22)/t15-/m1/s1. The minimum absolute atomic E-state index is 0.0479. The van der Waals surface area contributed by atoms with Gasteiger partial charge in [-0.15, -0.1) is 0 Å². The van der Waals surface area contributed by atoms with Crippen LogP contribution in [0.1, 0.15) is 22.9 Å². The Labute approximate surface area is 139 Å². The van der Waals surface area contributed by atoms with Crippen molar-refractivity contribution in [3.05, 3.63) is 70.7 Å². The number of carbonyl (C=O) groups is 1. The largest absolute Gasteiger partial charge is 0.346 e. The Morgan fingerprint density at radius 1 is 1.39 bits per heavy atom. The van der Waals surface area contributed by atoms with Crippen LogP contribution < -0.4 is 5.32 Å². The highest BCUT2D eigenvalue weighted by Gasteiger charge is 2.18. The molecule has 0 aliphatic heterocycles. The maximum absolute atomic E-state index is 12.3. The second-order valence-corrected chi connectivity index (χ2v) is 6.18. The van der Waals surface area contributed by atoms with Crippen molar-refractivity contribution >= 4 is 17.2 Å². The van der Waals surface area contributed by atoms with Crippen LogP contribution >= 0.6 is 11.3 Å². The number of nitrogens with zero attached hydrogens (tertiary/aromatic N) is 3. The summed E-state index contributed by atoms with van der Waals surface area (Å²) >= 11 is 1.66. The van der Waals surface area contributed by atoms with Crippen LogP contribution in [0, 0.1) is 6.92 Å². The fourth-order valence-electron chi connectivity index (χ4n) is 2.51. The Balaban J connectivity index is 1.77. The summed E-state index contributed by atoms with van der Waals surface area (Å²) in [6.07, 6.45) is 7.58. The van der Waals surface area contributed by atoms with E-state index < -0.39 is 0 Å². The SMILES string of the molecule is Cc1cccnc1[C@@H](Cc1ccsc1)NC(=O)Cn1ccnc1. The molecule has 6 heteroatoms. The molecule has 0 saturated carbocycles. The molecule has 118 valence electrons. The fourth-order valence-corrected chi connectivity index (χ4v) is 3.19. The molecular formula is C17H18N4OS. The van der Waals surface area contributed by atoms with Gasteiger partial charge in [-0.05, 0) is 47.4 Å². The lowest BCUT2D eigenvalue weighted by Crippen LogP contribution is -2.33. The molecule has 3 aromatic heterocycles. The molecule has 3 rings (SSSR count). The van der Waals surface area contributed by atoms with Gasteiger partial charge in [-0.25, -0.2) is 4.98 Å². The zero-order chi connectivity index (χ0) is 16.1. The van der Waals surface area contributed by atoms with E-state index in [1.54, 1.807) is 40.8 Å². The predicted molar refractivity (Wildman–Crippen MR) is 90.1 cm³/mol. The van der Waals surface area contributed by atoms with E-state index in [1.165, 1.54) is 5.56 Å². The van der Waals surface area contributed by atoms with Crippen molar-refractivity contribution in [1.82, 2.24) is 19.9 Å². The van der Waals surface area contributed by atoms with Gasteiger partial charge in [0.25, 0.3) is 0 Å². The van der Waals surface area contributed by atoms with Gasteiger partial charge in [0.15, 0.2) is 0 Å². The molecule has 5 nitrogen and oxygen atoms in total. The van der Waals surface area contributed by atoms with Crippen molar-refractivity contribution < 1.29 is 4.79 Å². The molecule has 1 amide bonds. The third-order valence-corrected chi connectivity index (χ3v) is 4.35. The lowest BCUT2D eigenvalue weighted by atomic mass is 10.0. The van der Waals surface area contributed by atoms with E-state index in [2.05, 4.69) is 26.7 Å². The second kappa shape index (κ2) is 7.19. The summed E-state index contributed by atoms with van der Waals surface area (Å²) in [5, 5.41) is 7.26. The zero-order valence-electron chi connectivity index (χ0n) is 12.8. The van der Waals surface area contributed by atoms with Crippen LogP contribution in [0.5, 0.6) is 0 Å². The van der Waals surface area contributed by atoms with Crippen LogP contribution in [0.3, 0.4) is 0 Å². The number of hydrogen-bond acceptors (Lipinski definition) is 4. The Morgan fingerprint density at radius 2 is 2.30 bits per heavy atom. The van der Waals surface area contributed by atoms with Crippen molar-refractivity contribution in [1.29, 1.82) is 0 Å². The lowest BCUT2D eigenvalue weighted by Gasteiger charge is -2.20. The zero-order valence-corrected chi connectivity index (χ0v) is 13.7. The van der Waals surface area contributed by atoms with Crippen LogP contribution in [-0.4, -0.2) is 20.4 Å². The molecule has 3 heterocycles. The van der Waals surface area contributed by atoms with Crippen molar-refractivity contribution in [3.63, 3.8) is 0 Å². The van der Waals surface area contributed by atoms with Crippen molar-refractivity contribution in [2.24, 2.45) is 0 Å². The van der Waals surface area contributed by atoms with E-state index in [0.29, 0.717) is 0 Å². The van der Waals surface area contributed by atoms with Crippen molar-refractivity contribution in [3.8, 4) is 0 Å². The maximum Gasteiger partial charge on any atom is 0.240 e. The number of hydrogen-bond donors (Lipinski definition) is 1. The number of rotatable bonds is 6. The van der Waals surface area contributed by atoms with Gasteiger partial charge in [0.2, 0.25) is 5.91 Å². The summed E-state index contributed by atoms with van der Waals surface area (Å²) in [5.41, 5.74) is 3.20. The Morgan fingerprint density at radius 3 is 3.00 bits per heavy atom. The molecule has 0 unspecified atom stereocenters. The van der Waals surface area contributed by atoms with Gasteiger partial charge in [-0.2, -0.15) is 11.3 Å². The fraction of sp³-hybridized carbons (Fsp3) is 0.235. The molecule has 0 spiro atoms. The summed E-state index contributed by atoms with van der Waals surface area (Å²) in [7, 11) is 0. The first-order valence-corrected chi connectivity index (χ1v) is 8.34. The van der Waals surface area contributed by atoms with Crippen molar-refractivity contribution in [2.75, 3.05) is 0 Å². The van der Waals surface area contributed by atoms with Gasteiger partial charge in [0.05, 0.1) is 18.1 Å². The molecule has 1 atom stereocenters. The van der Waals surface area contributed by atoms with Gasteiger partial charge in [0.1, 0.15) is 6.54 Å². The second-order valence-electron chi connectivity index (χ2n) is 5.40. The van der Waals surface area contributed by atoms with E-state index in [0.717, 1.165) is 17.7 Å². The van der Waals surface area contributed by atoms with Crippen molar-refractivity contribution in [2.45, 2.75) is 25.9 Å². The minimum Gasteiger partial charge on any atom is -0.346 e. The third-order valence-electron chi connectivity index (χ3n) is 3.62. The predicted octanol–water partition coefficient (Wildman–Crippen LogP) is 2.75. The smallest absolute Gasteiger partial charge is 0.240 e. The number of imidazole rings is 1. The third kappa shape index (κ3) is 4.04. The quantitative estimate of drug-likeness (QED) is 0.758. The maximum atomic E-state index is 12.3. The molecule has 1 N–H and O–H groups in total. The highest BCUT2D eigenvalue weighted by molar-refractivity contribution is 7.07. The van der Waals surface area contributed by atoms with Gasteiger partial charge in [0, 0.05) is 18.6 Å². The first-order valence-electron chi connectivity index (χ1n) is 7.40. The summed E-state index contributed by atoms with van der Waals surface area (Å²) in [5.74, 6) is -0.0479. The molecule has 0 fully saturated rings. The number of carbonyl (C=O) groups excluding carboxylic acids is 1. The molecule has 0 aliphatic carbocycles. The molecule has 0 radical (unpaired) electrons. The van der Waals surface area contributed by atoms with Crippen LogP contribution in [0.15, 0.2) is 53.9 Å². The lowest BCUT2D eigenvalue weighted by molar-refractivity contribution is -0.122. The van der Waals surface area contributed by atoms with Crippen LogP contribution in [-0.2, 0) is 17.8 Å². The molecule has 23 heavy (non-hydrogen) atoms. The van der Waals surface area contributed by atoms with E-state index >= 15 is 0 Å². The molecular weight excluding hydrogens is 308 g/mol. The van der Waals surface area contributed by atoms with E-state index in [9.17, 15) is 4.79 Å². The van der Waals surface area contributed by atoms with Gasteiger partial charge < -0.3 is 9.88 Å². The number of aromatic nitrogens is 3. The van der Waals surface area contributed by atoms with Crippen LogP contribution in [0.4, 0.5) is 0 Å². The van der Waals surface area contributed by atoms with E-state index in [1.807, 2.05) is 24.4 Å². The molecule has 0 saturated heterocycles.